The van der Waals surface area contributed by atoms with E-state index in [2.05, 4.69) is 4.98 Å². The van der Waals surface area contributed by atoms with Crippen LogP contribution >= 0.6 is 11.6 Å². The minimum atomic E-state index is 0.237. The number of aromatic nitrogens is 1. The van der Waals surface area contributed by atoms with Gasteiger partial charge < -0.3 is 9.47 Å². The van der Waals surface area contributed by atoms with Crippen molar-refractivity contribution in [3.63, 3.8) is 0 Å². The molecular weight excluding hydrogens is 190 g/mol. The summed E-state index contributed by atoms with van der Waals surface area (Å²) >= 11 is 5.79. The molecule has 1 aliphatic rings. The van der Waals surface area contributed by atoms with Crippen LogP contribution in [0.5, 0.6) is 0 Å². The molecule has 0 amide bonds. The molecule has 0 bridgehead atoms. The lowest BCUT2D eigenvalue weighted by molar-refractivity contribution is -0.135. The van der Waals surface area contributed by atoms with Crippen molar-refractivity contribution >= 4 is 11.6 Å². The van der Waals surface area contributed by atoms with Gasteiger partial charge in [-0.15, -0.1) is 0 Å². The fourth-order valence-electron chi connectivity index (χ4n) is 1.04. The molecule has 0 unspecified atom stereocenters. The lowest BCUT2D eigenvalue weighted by atomic mass is 10.3. The zero-order valence-electron chi connectivity index (χ0n) is 7.07. The quantitative estimate of drug-likeness (QED) is 0.742. The van der Waals surface area contributed by atoms with E-state index in [1.807, 2.05) is 0 Å². The van der Waals surface area contributed by atoms with E-state index in [4.69, 9.17) is 21.1 Å². The first-order valence-electron chi connectivity index (χ1n) is 4.14. The Morgan fingerprint density at radius 2 is 2.46 bits per heavy atom. The van der Waals surface area contributed by atoms with E-state index in [1.165, 1.54) is 0 Å². The normalized spacial score (nSPS) is 17.0. The van der Waals surface area contributed by atoms with Crippen molar-refractivity contribution in [2.24, 2.45) is 0 Å². The van der Waals surface area contributed by atoms with Gasteiger partial charge in [0, 0.05) is 11.2 Å². The van der Waals surface area contributed by atoms with Crippen molar-refractivity contribution in [2.75, 3.05) is 13.2 Å². The number of hydrogen-bond donors (Lipinski definition) is 0. The van der Waals surface area contributed by atoms with Gasteiger partial charge >= 0.3 is 0 Å². The lowest BCUT2D eigenvalue weighted by Gasteiger charge is -2.25. The Balaban J connectivity index is 1.86. The maximum Gasteiger partial charge on any atom is 0.105 e. The largest absolute Gasteiger partial charge is 0.376 e. The highest BCUT2D eigenvalue weighted by Crippen LogP contribution is 2.11. The molecule has 1 aliphatic heterocycles. The van der Waals surface area contributed by atoms with Crippen LogP contribution in [0, 0.1) is 0 Å². The average molecular weight is 200 g/mol. The number of ether oxygens (including phenoxy) is 2. The van der Waals surface area contributed by atoms with Crippen LogP contribution in [0.4, 0.5) is 0 Å². The van der Waals surface area contributed by atoms with Gasteiger partial charge in [0.05, 0.1) is 25.5 Å². The maximum absolute atomic E-state index is 5.79. The minimum absolute atomic E-state index is 0.237. The van der Waals surface area contributed by atoms with Crippen molar-refractivity contribution in [3.05, 3.63) is 29.0 Å². The fraction of sp³-hybridized carbons (Fsp3) is 0.444. The van der Waals surface area contributed by atoms with Crippen molar-refractivity contribution in [3.8, 4) is 0 Å². The summed E-state index contributed by atoms with van der Waals surface area (Å²) in [5.41, 5.74) is 0.861. The second kappa shape index (κ2) is 4.05. The Morgan fingerprint density at radius 1 is 1.62 bits per heavy atom. The van der Waals surface area contributed by atoms with E-state index in [1.54, 1.807) is 18.3 Å². The lowest BCUT2D eigenvalue weighted by Crippen LogP contribution is -2.35. The molecule has 0 saturated carbocycles. The van der Waals surface area contributed by atoms with Gasteiger partial charge in [-0.05, 0) is 12.1 Å². The van der Waals surface area contributed by atoms with Crippen LogP contribution in [-0.2, 0) is 16.1 Å². The summed E-state index contributed by atoms with van der Waals surface area (Å²) in [6.07, 6.45) is 1.92. The smallest absolute Gasteiger partial charge is 0.105 e. The molecule has 0 spiro atoms. The molecular formula is C9H10ClNO2. The van der Waals surface area contributed by atoms with Gasteiger partial charge in [0.2, 0.25) is 0 Å². The standard InChI is InChI=1S/C9H10ClNO2/c10-7-1-2-11-8(3-7)4-13-9-5-12-6-9/h1-3,9H,4-6H2. The van der Waals surface area contributed by atoms with Crippen LogP contribution in [0.3, 0.4) is 0 Å². The van der Waals surface area contributed by atoms with Crippen molar-refractivity contribution in [1.29, 1.82) is 0 Å². The van der Waals surface area contributed by atoms with E-state index >= 15 is 0 Å². The number of halogens is 1. The minimum Gasteiger partial charge on any atom is -0.376 e. The monoisotopic (exact) mass is 199 g/mol. The summed E-state index contributed by atoms with van der Waals surface area (Å²) in [5.74, 6) is 0. The summed E-state index contributed by atoms with van der Waals surface area (Å²) in [5, 5.41) is 0.693. The molecule has 1 fully saturated rings. The Kier molecular flexibility index (Phi) is 2.78. The SMILES string of the molecule is Clc1ccnc(COC2COC2)c1. The molecule has 0 N–H and O–H groups in total. The van der Waals surface area contributed by atoms with Crippen LogP contribution in [-0.4, -0.2) is 24.3 Å². The second-order valence-corrected chi connectivity index (χ2v) is 3.37. The van der Waals surface area contributed by atoms with E-state index in [0.29, 0.717) is 24.8 Å². The van der Waals surface area contributed by atoms with Gasteiger partial charge in [-0.1, -0.05) is 11.6 Å². The van der Waals surface area contributed by atoms with E-state index in [9.17, 15) is 0 Å². The molecule has 0 atom stereocenters. The molecule has 4 heteroatoms. The van der Waals surface area contributed by atoms with Crippen molar-refractivity contribution < 1.29 is 9.47 Å². The zero-order valence-corrected chi connectivity index (χ0v) is 7.83. The predicted molar refractivity (Wildman–Crippen MR) is 48.6 cm³/mol. The van der Waals surface area contributed by atoms with E-state index < -0.39 is 0 Å². The van der Waals surface area contributed by atoms with Crippen molar-refractivity contribution in [2.45, 2.75) is 12.7 Å². The van der Waals surface area contributed by atoms with Crippen LogP contribution in [0.25, 0.3) is 0 Å². The van der Waals surface area contributed by atoms with Crippen LogP contribution in [0.2, 0.25) is 5.02 Å². The third-order valence-electron chi connectivity index (χ3n) is 1.85. The van der Waals surface area contributed by atoms with Gasteiger partial charge in [0.1, 0.15) is 6.10 Å². The highest BCUT2D eigenvalue weighted by atomic mass is 35.5. The van der Waals surface area contributed by atoms with Gasteiger partial charge in [0.15, 0.2) is 0 Å². The first-order valence-corrected chi connectivity index (χ1v) is 4.52. The summed E-state index contributed by atoms with van der Waals surface area (Å²) in [6, 6.07) is 3.55. The Hall–Kier alpha value is -0.640. The fourth-order valence-corrected chi connectivity index (χ4v) is 1.22. The predicted octanol–water partition coefficient (Wildman–Crippen LogP) is 1.65. The molecule has 0 radical (unpaired) electrons. The molecule has 3 nitrogen and oxygen atoms in total. The third kappa shape index (κ3) is 2.40. The number of rotatable bonds is 3. The molecule has 0 aromatic carbocycles. The molecule has 13 heavy (non-hydrogen) atoms. The number of nitrogens with zero attached hydrogens (tertiary/aromatic N) is 1. The third-order valence-corrected chi connectivity index (χ3v) is 2.09. The summed E-state index contributed by atoms with van der Waals surface area (Å²) < 4.78 is 10.4. The van der Waals surface area contributed by atoms with E-state index in [-0.39, 0.29) is 6.10 Å². The molecule has 1 aromatic heterocycles. The van der Waals surface area contributed by atoms with Crippen molar-refractivity contribution in [1.82, 2.24) is 4.98 Å². The highest BCUT2D eigenvalue weighted by Gasteiger charge is 2.18. The van der Waals surface area contributed by atoms with Crippen LogP contribution < -0.4 is 0 Å². The molecule has 0 aliphatic carbocycles. The molecule has 2 rings (SSSR count). The Morgan fingerprint density at radius 3 is 3.08 bits per heavy atom. The van der Waals surface area contributed by atoms with Crippen LogP contribution in [0.15, 0.2) is 18.3 Å². The molecule has 1 aromatic rings. The summed E-state index contributed by atoms with van der Waals surface area (Å²) in [7, 11) is 0. The van der Waals surface area contributed by atoms with Gasteiger partial charge in [-0.2, -0.15) is 0 Å². The summed E-state index contributed by atoms with van der Waals surface area (Å²) in [4.78, 5) is 4.12. The maximum atomic E-state index is 5.79. The first-order chi connectivity index (χ1) is 6.34. The second-order valence-electron chi connectivity index (χ2n) is 2.94. The average Bonchev–Trinajstić information content (AvgIpc) is 2.01. The Labute approximate surface area is 81.6 Å². The summed E-state index contributed by atoms with van der Waals surface area (Å²) in [6.45, 7) is 1.90. The number of pyridine rings is 1. The van der Waals surface area contributed by atoms with E-state index in [0.717, 1.165) is 5.69 Å². The zero-order chi connectivity index (χ0) is 9.10. The number of hydrogen-bond acceptors (Lipinski definition) is 3. The molecule has 2 heterocycles. The van der Waals surface area contributed by atoms with Gasteiger partial charge in [0.25, 0.3) is 0 Å². The topological polar surface area (TPSA) is 31.4 Å². The van der Waals surface area contributed by atoms with Crippen LogP contribution in [0.1, 0.15) is 5.69 Å². The molecule has 1 saturated heterocycles. The highest BCUT2D eigenvalue weighted by molar-refractivity contribution is 6.30. The first kappa shape index (κ1) is 8.94. The molecule has 70 valence electrons. The Bertz CT molecular complexity index is 289. The van der Waals surface area contributed by atoms with Gasteiger partial charge in [-0.3, -0.25) is 4.98 Å². The van der Waals surface area contributed by atoms with Gasteiger partial charge in [-0.25, -0.2) is 0 Å².